The van der Waals surface area contributed by atoms with Gasteiger partial charge in [-0.25, -0.2) is 4.79 Å². The Morgan fingerprint density at radius 2 is 1.60 bits per heavy atom. The molecule has 3 heterocycles. The zero-order valence-corrected chi connectivity index (χ0v) is 23.3. The van der Waals surface area contributed by atoms with Crippen LogP contribution in [0, 0.1) is 0 Å². The summed E-state index contributed by atoms with van der Waals surface area (Å²) in [6, 6.07) is 13.6. The third-order valence-electron chi connectivity index (χ3n) is 7.95. The number of ether oxygens (including phenoxy) is 3. The fourth-order valence-electron chi connectivity index (χ4n) is 5.72. The maximum absolute atomic E-state index is 13.5. The minimum atomic E-state index is -4.61. The second-order valence-electron chi connectivity index (χ2n) is 10.8. The predicted octanol–water partition coefficient (Wildman–Crippen LogP) is 4.84. The van der Waals surface area contributed by atoms with Gasteiger partial charge >= 0.3 is 12.3 Å². The molecule has 2 aromatic rings. The number of alkyl halides is 3. The van der Waals surface area contributed by atoms with Gasteiger partial charge in [-0.05, 0) is 36.6 Å². The molecule has 0 spiro atoms. The Balaban J connectivity index is 1.23. The molecule has 3 aliphatic rings. The van der Waals surface area contributed by atoms with Crippen LogP contribution < -0.4 is 9.64 Å². The third kappa shape index (κ3) is 6.97. The van der Waals surface area contributed by atoms with Crippen LogP contribution >= 0.6 is 0 Å². The van der Waals surface area contributed by atoms with Crippen LogP contribution in [0.25, 0.3) is 0 Å². The summed E-state index contributed by atoms with van der Waals surface area (Å²) >= 11 is 0. The summed E-state index contributed by atoms with van der Waals surface area (Å²) in [4.78, 5) is 42.5. The molecule has 2 fully saturated rings. The molecule has 3 amide bonds. The Bertz CT molecular complexity index is 1270. The lowest BCUT2D eigenvalue weighted by molar-refractivity contribution is -0.191. The zero-order chi connectivity index (χ0) is 29.9. The third-order valence-corrected chi connectivity index (χ3v) is 7.95. The molecule has 1 atom stereocenters. The summed E-state index contributed by atoms with van der Waals surface area (Å²) in [7, 11) is 0. The van der Waals surface area contributed by atoms with Crippen molar-refractivity contribution < 1.29 is 41.8 Å². The zero-order valence-electron chi connectivity index (χ0n) is 23.3. The summed E-state index contributed by atoms with van der Waals surface area (Å²) in [6.45, 7) is 1.87. The van der Waals surface area contributed by atoms with Gasteiger partial charge in [0, 0.05) is 57.5 Å². The van der Waals surface area contributed by atoms with Gasteiger partial charge in [0.25, 0.3) is 5.91 Å². The molecule has 0 N–H and O–H groups in total. The highest BCUT2D eigenvalue weighted by atomic mass is 19.4. The summed E-state index contributed by atoms with van der Waals surface area (Å²) in [5.41, 5.74) is 1.96. The number of benzene rings is 2. The van der Waals surface area contributed by atoms with Gasteiger partial charge in [-0.1, -0.05) is 30.3 Å². The molecule has 42 heavy (non-hydrogen) atoms. The minimum absolute atomic E-state index is 0.0240. The molecule has 0 radical (unpaired) electrons. The van der Waals surface area contributed by atoms with E-state index in [-0.39, 0.29) is 37.7 Å². The van der Waals surface area contributed by atoms with Crippen molar-refractivity contribution in [2.75, 3.05) is 37.7 Å². The van der Waals surface area contributed by atoms with Gasteiger partial charge in [0.1, 0.15) is 25.1 Å². The van der Waals surface area contributed by atoms with E-state index in [9.17, 15) is 27.6 Å². The highest BCUT2D eigenvalue weighted by Crippen LogP contribution is 2.33. The van der Waals surface area contributed by atoms with Crippen molar-refractivity contribution in [1.82, 2.24) is 9.80 Å². The maximum Gasteiger partial charge on any atom is 0.414 e. The quantitative estimate of drug-likeness (QED) is 0.459. The van der Waals surface area contributed by atoms with Gasteiger partial charge in [-0.15, -0.1) is 0 Å². The van der Waals surface area contributed by atoms with E-state index >= 15 is 0 Å². The number of nitrogens with zero attached hydrogens (tertiary/aromatic N) is 3. The standard InChI is InChI=1S/C30H34F3N3O6/c1-20(37)34-16-12-25(13-17-34)42-24-8-6-21(7-9-24)27(41-19-30(31,32)33)28(38)35-14-10-23(11-15-35)36-26-5-3-2-4-22(26)18-40-29(36)39/h2-9,23,25,27H,10-19H2,1H3. The second-order valence-corrected chi connectivity index (χ2v) is 10.8. The van der Waals surface area contributed by atoms with E-state index in [4.69, 9.17) is 14.2 Å². The molecule has 1 unspecified atom stereocenters. The normalized spacial score (nSPS) is 19.2. The van der Waals surface area contributed by atoms with Crippen LogP contribution in [0.5, 0.6) is 5.75 Å². The van der Waals surface area contributed by atoms with E-state index in [2.05, 4.69) is 0 Å². The van der Waals surface area contributed by atoms with Crippen LogP contribution in [0.15, 0.2) is 48.5 Å². The van der Waals surface area contributed by atoms with Crippen molar-refractivity contribution in [3.05, 3.63) is 59.7 Å². The molecule has 2 aromatic carbocycles. The van der Waals surface area contributed by atoms with Crippen LogP contribution in [-0.4, -0.2) is 78.8 Å². The summed E-state index contributed by atoms with van der Waals surface area (Å²) in [6.07, 6.45) is -4.36. The minimum Gasteiger partial charge on any atom is -0.490 e. The fraction of sp³-hybridized carbons (Fsp3) is 0.500. The Morgan fingerprint density at radius 3 is 2.24 bits per heavy atom. The van der Waals surface area contributed by atoms with Crippen LogP contribution in [0.4, 0.5) is 23.7 Å². The highest BCUT2D eigenvalue weighted by molar-refractivity contribution is 5.91. The van der Waals surface area contributed by atoms with Gasteiger partial charge in [-0.2, -0.15) is 13.2 Å². The molecule has 0 saturated carbocycles. The number of likely N-dealkylation sites (tertiary alicyclic amines) is 2. The van der Waals surface area contributed by atoms with E-state index in [0.29, 0.717) is 50.1 Å². The van der Waals surface area contributed by atoms with Gasteiger partial charge in [0.15, 0.2) is 6.10 Å². The van der Waals surface area contributed by atoms with E-state index in [1.165, 1.54) is 11.8 Å². The van der Waals surface area contributed by atoms with Crippen molar-refractivity contribution in [3.8, 4) is 5.75 Å². The molecule has 0 bridgehead atoms. The van der Waals surface area contributed by atoms with Crippen molar-refractivity contribution in [2.45, 2.75) is 63.6 Å². The lowest BCUT2D eigenvalue weighted by atomic mass is 9.99. The Hall–Kier alpha value is -3.80. The van der Waals surface area contributed by atoms with Gasteiger partial charge in [0.05, 0.1) is 5.69 Å². The molecular formula is C30H34F3N3O6. The van der Waals surface area contributed by atoms with Crippen LogP contribution in [0.1, 0.15) is 49.8 Å². The number of hydrogen-bond acceptors (Lipinski definition) is 6. The Morgan fingerprint density at radius 1 is 0.952 bits per heavy atom. The number of halogens is 3. The molecule has 9 nitrogen and oxygen atoms in total. The smallest absolute Gasteiger partial charge is 0.414 e. The van der Waals surface area contributed by atoms with Crippen molar-refractivity contribution >= 4 is 23.6 Å². The SMILES string of the molecule is CC(=O)N1CCC(Oc2ccc(C(OCC(F)(F)F)C(=O)N3CCC(N4C(=O)OCc5ccccc54)CC3)cc2)CC1. The van der Waals surface area contributed by atoms with E-state index in [0.717, 1.165) is 11.3 Å². The fourth-order valence-corrected chi connectivity index (χ4v) is 5.72. The first-order valence-electron chi connectivity index (χ1n) is 14.1. The van der Waals surface area contributed by atoms with Crippen molar-refractivity contribution in [1.29, 1.82) is 0 Å². The summed E-state index contributed by atoms with van der Waals surface area (Å²) in [5, 5.41) is 0. The van der Waals surface area contributed by atoms with Crippen LogP contribution in [0.3, 0.4) is 0 Å². The molecule has 3 aliphatic heterocycles. The number of rotatable bonds is 7. The van der Waals surface area contributed by atoms with Gasteiger partial charge in [-0.3, -0.25) is 14.5 Å². The van der Waals surface area contributed by atoms with Crippen LogP contribution in [-0.2, 0) is 25.7 Å². The number of para-hydroxylation sites is 1. The molecule has 5 rings (SSSR count). The molecule has 0 aromatic heterocycles. The number of piperidine rings is 2. The monoisotopic (exact) mass is 589 g/mol. The Kier molecular flexibility index (Phi) is 8.91. The molecular weight excluding hydrogens is 555 g/mol. The number of carbonyl (C=O) groups is 3. The molecule has 0 aliphatic carbocycles. The highest BCUT2D eigenvalue weighted by Gasteiger charge is 2.38. The molecule has 226 valence electrons. The van der Waals surface area contributed by atoms with Crippen LogP contribution in [0.2, 0.25) is 0 Å². The second kappa shape index (κ2) is 12.6. The first kappa shape index (κ1) is 29.7. The number of hydrogen-bond donors (Lipinski definition) is 0. The number of anilines is 1. The Labute approximate surface area is 242 Å². The lowest BCUT2D eigenvalue weighted by Crippen LogP contribution is -2.51. The maximum atomic E-state index is 13.5. The van der Waals surface area contributed by atoms with E-state index in [1.807, 2.05) is 24.3 Å². The first-order chi connectivity index (χ1) is 20.1. The predicted molar refractivity (Wildman–Crippen MR) is 146 cm³/mol. The topological polar surface area (TPSA) is 88.6 Å². The average molecular weight is 590 g/mol. The molecule has 2 saturated heterocycles. The number of cyclic esters (lactones) is 1. The lowest BCUT2D eigenvalue weighted by Gasteiger charge is -2.40. The molecule has 12 heteroatoms. The number of fused-ring (bicyclic) bond motifs is 1. The average Bonchev–Trinajstić information content (AvgIpc) is 2.98. The first-order valence-corrected chi connectivity index (χ1v) is 14.1. The van der Waals surface area contributed by atoms with Gasteiger partial charge in [0.2, 0.25) is 5.91 Å². The summed E-state index contributed by atoms with van der Waals surface area (Å²) in [5.74, 6) is -0.0166. The number of carbonyl (C=O) groups excluding carboxylic acids is 3. The van der Waals surface area contributed by atoms with E-state index in [1.54, 1.807) is 34.1 Å². The number of amides is 3. The summed E-state index contributed by atoms with van der Waals surface area (Å²) < 4.78 is 55.8. The largest absolute Gasteiger partial charge is 0.490 e. The van der Waals surface area contributed by atoms with Gasteiger partial charge < -0.3 is 24.0 Å². The van der Waals surface area contributed by atoms with Crippen molar-refractivity contribution in [3.63, 3.8) is 0 Å². The van der Waals surface area contributed by atoms with Crippen molar-refractivity contribution in [2.24, 2.45) is 0 Å². The van der Waals surface area contributed by atoms with E-state index < -0.39 is 30.9 Å².